The number of rotatable bonds is 9. The van der Waals surface area contributed by atoms with E-state index < -0.39 is 0 Å². The van der Waals surface area contributed by atoms with Crippen LogP contribution in [0.4, 0.5) is 17.1 Å². The van der Waals surface area contributed by atoms with Crippen LogP contribution < -0.4 is 4.90 Å². The molecule has 0 atom stereocenters. The number of fused-ring (bicyclic) bond motifs is 4. The first-order chi connectivity index (χ1) is 32.7. The number of aromatic nitrogens is 1. The summed E-state index contributed by atoms with van der Waals surface area (Å²) in [7, 11) is 0. The van der Waals surface area contributed by atoms with Gasteiger partial charge in [-0.3, -0.25) is 0 Å². The van der Waals surface area contributed by atoms with E-state index in [1.807, 2.05) is 0 Å². The predicted octanol–water partition coefficient (Wildman–Crippen LogP) is 17.7. The highest BCUT2D eigenvalue weighted by Crippen LogP contribution is 2.45. The number of benzene rings is 11. The van der Waals surface area contributed by atoms with E-state index in [4.69, 9.17) is 0 Å². The van der Waals surface area contributed by atoms with E-state index in [-0.39, 0.29) is 0 Å². The van der Waals surface area contributed by atoms with Crippen molar-refractivity contribution in [2.24, 2.45) is 0 Å². The summed E-state index contributed by atoms with van der Waals surface area (Å²) in [5.41, 5.74) is 18.6. The summed E-state index contributed by atoms with van der Waals surface area (Å²) < 4.78 is 2.43. The molecular weight excluding hydrogens is 797 g/mol. The molecule has 0 fully saturated rings. The summed E-state index contributed by atoms with van der Waals surface area (Å²) in [4.78, 5) is 2.40. The van der Waals surface area contributed by atoms with E-state index in [1.165, 1.54) is 66.0 Å². The van der Waals surface area contributed by atoms with Crippen LogP contribution in [0.2, 0.25) is 0 Å². The van der Waals surface area contributed by atoms with Crippen molar-refractivity contribution < 1.29 is 0 Å². The molecule has 0 saturated carbocycles. The van der Waals surface area contributed by atoms with E-state index in [2.05, 4.69) is 276 Å². The van der Waals surface area contributed by atoms with Gasteiger partial charge in [-0.2, -0.15) is 0 Å². The van der Waals surface area contributed by atoms with Crippen molar-refractivity contribution in [2.45, 2.75) is 0 Å². The van der Waals surface area contributed by atoms with Gasteiger partial charge in [0, 0.05) is 33.3 Å². The number of nitrogens with zero attached hydrogens (tertiary/aromatic N) is 2. The molecule has 12 rings (SSSR count). The second kappa shape index (κ2) is 16.8. The fraction of sp³-hybridized carbons (Fsp3) is 0. The smallest absolute Gasteiger partial charge is 0.0541 e. The van der Waals surface area contributed by atoms with Gasteiger partial charge in [-0.25, -0.2) is 0 Å². The van der Waals surface area contributed by atoms with Gasteiger partial charge in [-0.1, -0.05) is 206 Å². The topological polar surface area (TPSA) is 8.17 Å². The van der Waals surface area contributed by atoms with Crippen LogP contribution in [0, 0.1) is 0 Å². The molecule has 1 aromatic heterocycles. The van der Waals surface area contributed by atoms with Gasteiger partial charge < -0.3 is 9.47 Å². The van der Waals surface area contributed by atoms with Crippen LogP contribution in [0.25, 0.3) is 93.9 Å². The fourth-order valence-electron chi connectivity index (χ4n) is 9.85. The molecule has 11 aromatic carbocycles. The van der Waals surface area contributed by atoms with Crippen molar-refractivity contribution in [2.75, 3.05) is 4.90 Å². The van der Waals surface area contributed by atoms with Crippen LogP contribution in [-0.4, -0.2) is 4.57 Å². The van der Waals surface area contributed by atoms with E-state index in [1.54, 1.807) is 0 Å². The highest BCUT2D eigenvalue weighted by atomic mass is 15.1. The normalized spacial score (nSPS) is 11.3. The number of para-hydroxylation sites is 4. The fourth-order valence-corrected chi connectivity index (χ4v) is 9.85. The summed E-state index contributed by atoms with van der Waals surface area (Å²) in [5, 5.41) is 5.02. The summed E-state index contributed by atoms with van der Waals surface area (Å²) >= 11 is 0. The molecule has 0 aliphatic heterocycles. The highest BCUT2D eigenvalue weighted by molar-refractivity contribution is 6.10. The molecule has 0 amide bonds. The molecule has 2 heteroatoms. The second-order valence-electron chi connectivity index (χ2n) is 16.9. The first-order valence-electron chi connectivity index (χ1n) is 22.7. The van der Waals surface area contributed by atoms with Gasteiger partial charge in [0.15, 0.2) is 0 Å². The molecular formula is C64H44N2. The van der Waals surface area contributed by atoms with E-state index in [0.29, 0.717) is 0 Å². The first-order valence-corrected chi connectivity index (χ1v) is 22.7. The third-order valence-corrected chi connectivity index (χ3v) is 13.0. The maximum atomic E-state index is 2.43. The predicted molar refractivity (Wildman–Crippen MR) is 280 cm³/mol. The highest BCUT2D eigenvalue weighted by Gasteiger charge is 2.21. The molecule has 0 bridgehead atoms. The largest absolute Gasteiger partial charge is 0.310 e. The van der Waals surface area contributed by atoms with Crippen molar-refractivity contribution in [3.05, 3.63) is 267 Å². The van der Waals surface area contributed by atoms with Crippen LogP contribution >= 0.6 is 0 Å². The van der Waals surface area contributed by atoms with Gasteiger partial charge in [-0.05, 0) is 116 Å². The van der Waals surface area contributed by atoms with Crippen molar-refractivity contribution in [1.82, 2.24) is 4.57 Å². The molecule has 0 aliphatic carbocycles. The molecule has 1 heterocycles. The lowest BCUT2D eigenvalue weighted by molar-refractivity contribution is 1.18. The number of hydrogen-bond acceptors (Lipinski definition) is 1. The zero-order valence-corrected chi connectivity index (χ0v) is 36.3. The summed E-state index contributed by atoms with van der Waals surface area (Å²) in [6, 6.07) is 96.9. The average molecular weight is 841 g/mol. The molecule has 66 heavy (non-hydrogen) atoms. The maximum absolute atomic E-state index is 2.43. The average Bonchev–Trinajstić information content (AvgIpc) is 3.74. The van der Waals surface area contributed by atoms with Crippen LogP contribution in [-0.2, 0) is 0 Å². The molecule has 0 N–H and O–H groups in total. The van der Waals surface area contributed by atoms with Crippen molar-refractivity contribution >= 4 is 49.6 Å². The Hall–Kier alpha value is -8.72. The standard InChI is InChI=1S/C64H44N2/c1-3-17-45(18-4-1)50-21-15-22-51(43-50)60-44-52(57-26-9-12-30-61(57)66-62-31-13-10-27-58(62)59-28-11-14-32-63(59)66)39-42-64(60)65(53-23-5-2-6-24-53)54-40-37-47(38-41-54)46-33-35-49(36-34-46)56-29-16-20-48-19-7-8-25-55(48)56/h1-44H. The number of anilines is 3. The summed E-state index contributed by atoms with van der Waals surface area (Å²) in [6.45, 7) is 0. The van der Waals surface area contributed by atoms with Gasteiger partial charge in [0.25, 0.3) is 0 Å². The van der Waals surface area contributed by atoms with Gasteiger partial charge in [0.05, 0.1) is 22.4 Å². The Kier molecular flexibility index (Phi) is 9.89. The molecule has 0 spiro atoms. The third-order valence-electron chi connectivity index (χ3n) is 13.0. The lowest BCUT2D eigenvalue weighted by Crippen LogP contribution is -2.11. The Morgan fingerprint density at radius 3 is 1.47 bits per heavy atom. The van der Waals surface area contributed by atoms with Crippen LogP contribution in [0.3, 0.4) is 0 Å². The SMILES string of the molecule is c1ccc(-c2cccc(-c3cc(-c4ccccc4-n4c5ccccc5c5ccccc54)ccc3N(c3ccccc3)c3ccc(-c4ccc(-c5cccc6ccccc56)cc4)cc3)c2)cc1. The Morgan fingerprint density at radius 2 is 0.727 bits per heavy atom. The quantitative estimate of drug-likeness (QED) is 0.141. The molecule has 0 radical (unpaired) electrons. The Labute approximate surface area is 385 Å². The molecule has 2 nitrogen and oxygen atoms in total. The van der Waals surface area contributed by atoms with E-state index >= 15 is 0 Å². The lowest BCUT2D eigenvalue weighted by atomic mass is 9.93. The minimum absolute atomic E-state index is 1.08. The lowest BCUT2D eigenvalue weighted by Gasteiger charge is -2.29. The Morgan fingerprint density at radius 1 is 0.258 bits per heavy atom. The minimum Gasteiger partial charge on any atom is -0.310 e. The van der Waals surface area contributed by atoms with Gasteiger partial charge in [0.1, 0.15) is 0 Å². The summed E-state index contributed by atoms with van der Waals surface area (Å²) in [6.07, 6.45) is 0. The van der Waals surface area contributed by atoms with Crippen molar-refractivity contribution in [1.29, 1.82) is 0 Å². The zero-order chi connectivity index (χ0) is 43.8. The molecule has 310 valence electrons. The zero-order valence-electron chi connectivity index (χ0n) is 36.3. The van der Waals surface area contributed by atoms with Crippen molar-refractivity contribution in [3.8, 4) is 61.3 Å². The maximum Gasteiger partial charge on any atom is 0.0541 e. The molecule has 12 aromatic rings. The minimum atomic E-state index is 1.08. The van der Waals surface area contributed by atoms with Crippen LogP contribution in [0.1, 0.15) is 0 Å². The van der Waals surface area contributed by atoms with Crippen molar-refractivity contribution in [3.63, 3.8) is 0 Å². The number of hydrogen-bond donors (Lipinski definition) is 0. The molecule has 0 saturated heterocycles. The Bertz CT molecular complexity index is 3620. The van der Waals surface area contributed by atoms with Gasteiger partial charge >= 0.3 is 0 Å². The Balaban J connectivity index is 0.997. The second-order valence-corrected chi connectivity index (χ2v) is 16.9. The first kappa shape index (κ1) is 38.9. The van der Waals surface area contributed by atoms with E-state index in [9.17, 15) is 0 Å². The van der Waals surface area contributed by atoms with E-state index in [0.717, 1.165) is 45.0 Å². The van der Waals surface area contributed by atoms with Gasteiger partial charge in [0.2, 0.25) is 0 Å². The third kappa shape index (κ3) is 7.02. The van der Waals surface area contributed by atoms with Crippen LogP contribution in [0.15, 0.2) is 267 Å². The molecule has 0 unspecified atom stereocenters. The van der Waals surface area contributed by atoms with Crippen LogP contribution in [0.5, 0.6) is 0 Å². The molecule has 0 aliphatic rings. The summed E-state index contributed by atoms with van der Waals surface area (Å²) in [5.74, 6) is 0. The van der Waals surface area contributed by atoms with Gasteiger partial charge in [-0.15, -0.1) is 0 Å². The monoisotopic (exact) mass is 840 g/mol.